The predicted octanol–water partition coefficient (Wildman–Crippen LogP) is 4.74. The molecule has 10 heteroatoms. The number of anilines is 1. The van der Waals surface area contributed by atoms with Crippen LogP contribution in [0.5, 0.6) is 5.75 Å². The van der Waals surface area contributed by atoms with Crippen molar-refractivity contribution in [1.82, 2.24) is 9.97 Å². The number of alkyl halides is 2. The molecule has 3 aromatic rings. The fourth-order valence-corrected chi connectivity index (χ4v) is 4.76. The molecular weight excluding hydrogens is 472 g/mol. The molecule has 1 N–H and O–H groups in total. The fraction of sp³-hybridized carbons (Fsp3) is 0.280. The molecule has 0 amide bonds. The summed E-state index contributed by atoms with van der Waals surface area (Å²) >= 11 is 1.38. The molecule has 1 fully saturated rings. The Morgan fingerprint density at radius 2 is 1.80 bits per heavy atom. The minimum atomic E-state index is -3.72. The quantitative estimate of drug-likeness (QED) is 0.449. The van der Waals surface area contributed by atoms with Crippen LogP contribution in [0.15, 0.2) is 53.8 Å². The van der Waals surface area contributed by atoms with Gasteiger partial charge in [0.25, 0.3) is 0 Å². The van der Waals surface area contributed by atoms with Crippen LogP contribution in [0.25, 0.3) is 11.1 Å². The van der Waals surface area contributed by atoms with Gasteiger partial charge in [-0.1, -0.05) is 18.2 Å². The number of rotatable bonds is 8. The van der Waals surface area contributed by atoms with Gasteiger partial charge in [-0.15, -0.1) is 11.8 Å². The van der Waals surface area contributed by atoms with E-state index in [-0.39, 0.29) is 16.9 Å². The Kier molecular flexibility index (Phi) is 7.45. The third-order valence-electron chi connectivity index (χ3n) is 5.47. The number of pyridine rings is 2. The number of nitriles is 2. The average Bonchev–Trinajstić information content (AvgIpc) is 3.42. The molecule has 0 bridgehead atoms. The van der Waals surface area contributed by atoms with E-state index in [1.807, 2.05) is 17.0 Å². The minimum absolute atomic E-state index is 0.148. The lowest BCUT2D eigenvalue weighted by molar-refractivity contribution is -0.200. The van der Waals surface area contributed by atoms with E-state index in [9.17, 15) is 19.3 Å². The monoisotopic (exact) mass is 493 g/mol. The minimum Gasteiger partial charge on any atom is -0.431 e. The van der Waals surface area contributed by atoms with Crippen molar-refractivity contribution in [3.63, 3.8) is 0 Å². The Morgan fingerprint density at radius 3 is 2.40 bits per heavy atom. The molecule has 178 valence electrons. The molecule has 7 nitrogen and oxygen atoms in total. The first-order valence-electron chi connectivity index (χ1n) is 10.9. The zero-order valence-corrected chi connectivity index (χ0v) is 19.4. The second-order valence-corrected chi connectivity index (χ2v) is 8.82. The van der Waals surface area contributed by atoms with Crippen LogP contribution in [0.1, 0.15) is 29.5 Å². The molecule has 0 saturated carbocycles. The topological polar surface area (TPSA) is 106 Å². The van der Waals surface area contributed by atoms with Gasteiger partial charge in [-0.2, -0.15) is 19.3 Å². The third kappa shape index (κ3) is 5.51. The summed E-state index contributed by atoms with van der Waals surface area (Å²) in [6, 6.07) is 13.9. The molecule has 1 aromatic carbocycles. The fourth-order valence-electron chi connectivity index (χ4n) is 3.84. The summed E-state index contributed by atoms with van der Waals surface area (Å²) in [6.07, 6.45) is 1.66. The lowest BCUT2D eigenvalue weighted by Crippen LogP contribution is -2.28. The summed E-state index contributed by atoms with van der Waals surface area (Å²) in [5, 5.41) is 29.4. The molecule has 3 heterocycles. The smallest absolute Gasteiger partial charge is 0.421 e. The Balaban J connectivity index is 1.80. The van der Waals surface area contributed by atoms with E-state index in [2.05, 4.69) is 21.9 Å². The Hall–Kier alpha value is -3.73. The third-order valence-corrected chi connectivity index (χ3v) is 6.51. The van der Waals surface area contributed by atoms with Crippen LogP contribution in [0.4, 0.5) is 14.6 Å². The number of ether oxygens (including phenoxy) is 1. The summed E-state index contributed by atoms with van der Waals surface area (Å²) < 4.78 is 31.4. The van der Waals surface area contributed by atoms with Crippen LogP contribution in [-0.4, -0.2) is 40.9 Å². The van der Waals surface area contributed by atoms with Crippen molar-refractivity contribution in [2.45, 2.75) is 29.7 Å². The first-order valence-corrected chi connectivity index (χ1v) is 11.9. The van der Waals surface area contributed by atoms with E-state index in [4.69, 9.17) is 10.1 Å². The van der Waals surface area contributed by atoms with E-state index in [0.29, 0.717) is 27.7 Å². The standard InChI is InChI=1S/C25H21F2N5O2S/c26-25(27,16-33)34-19-7-5-18(6-8-19)22-20(12-28)23(32-10-1-2-11-32)31-24(21(22)13-29)35-15-17-4-3-9-30-14-17/h3-9,14,33H,1-2,10-11,15-16H2. The van der Waals surface area contributed by atoms with Gasteiger partial charge >= 0.3 is 6.11 Å². The molecule has 0 atom stereocenters. The normalized spacial score (nSPS) is 13.3. The average molecular weight is 494 g/mol. The predicted molar refractivity (Wildman–Crippen MR) is 127 cm³/mol. The van der Waals surface area contributed by atoms with Gasteiger partial charge in [0.15, 0.2) is 0 Å². The van der Waals surface area contributed by atoms with Crippen molar-refractivity contribution in [2.75, 3.05) is 24.6 Å². The highest BCUT2D eigenvalue weighted by Crippen LogP contribution is 2.40. The number of aromatic nitrogens is 2. The van der Waals surface area contributed by atoms with Crippen molar-refractivity contribution in [2.24, 2.45) is 0 Å². The van der Waals surface area contributed by atoms with Gasteiger partial charge in [0.1, 0.15) is 40.9 Å². The first kappa shape index (κ1) is 24.4. The molecule has 35 heavy (non-hydrogen) atoms. The molecule has 1 aliphatic heterocycles. The maximum atomic E-state index is 13.4. The van der Waals surface area contributed by atoms with E-state index in [1.165, 1.54) is 36.0 Å². The van der Waals surface area contributed by atoms with E-state index in [1.54, 1.807) is 12.4 Å². The van der Waals surface area contributed by atoms with Gasteiger partial charge in [-0.25, -0.2) is 4.98 Å². The van der Waals surface area contributed by atoms with Crippen LogP contribution >= 0.6 is 11.8 Å². The highest BCUT2D eigenvalue weighted by atomic mass is 32.2. The van der Waals surface area contributed by atoms with Crippen molar-refractivity contribution >= 4 is 17.6 Å². The van der Waals surface area contributed by atoms with Crippen LogP contribution < -0.4 is 9.64 Å². The van der Waals surface area contributed by atoms with Crippen LogP contribution in [0.3, 0.4) is 0 Å². The number of aliphatic hydroxyl groups excluding tert-OH is 1. The molecule has 1 aliphatic rings. The molecule has 0 radical (unpaired) electrons. The lowest BCUT2D eigenvalue weighted by atomic mass is 9.96. The maximum Gasteiger partial charge on any atom is 0.421 e. The lowest BCUT2D eigenvalue weighted by Gasteiger charge is -2.22. The molecule has 4 rings (SSSR count). The van der Waals surface area contributed by atoms with Gasteiger partial charge in [0.2, 0.25) is 0 Å². The van der Waals surface area contributed by atoms with Gasteiger partial charge in [-0.05, 0) is 42.2 Å². The summed E-state index contributed by atoms with van der Waals surface area (Å²) in [5.74, 6) is 0.896. The molecule has 0 aliphatic carbocycles. The number of nitrogens with zero attached hydrogens (tertiary/aromatic N) is 5. The second kappa shape index (κ2) is 10.7. The van der Waals surface area contributed by atoms with Gasteiger partial charge in [0, 0.05) is 36.8 Å². The Bertz CT molecular complexity index is 1270. The first-order chi connectivity index (χ1) is 17.0. The van der Waals surface area contributed by atoms with Crippen LogP contribution in [0.2, 0.25) is 0 Å². The van der Waals surface area contributed by atoms with Crippen molar-refractivity contribution in [3.05, 3.63) is 65.5 Å². The Labute approximate surface area is 205 Å². The SMILES string of the molecule is N#Cc1c(SCc2cccnc2)nc(N2CCCC2)c(C#N)c1-c1ccc(OC(F)(F)CO)cc1. The number of halogens is 2. The van der Waals surface area contributed by atoms with Gasteiger partial charge < -0.3 is 14.7 Å². The number of hydrogen-bond acceptors (Lipinski definition) is 8. The number of hydrogen-bond donors (Lipinski definition) is 1. The Morgan fingerprint density at radius 1 is 1.09 bits per heavy atom. The van der Waals surface area contributed by atoms with E-state index in [0.717, 1.165) is 31.5 Å². The van der Waals surface area contributed by atoms with Gasteiger partial charge in [-0.3, -0.25) is 4.98 Å². The number of aliphatic hydroxyl groups is 1. The summed E-state index contributed by atoms with van der Waals surface area (Å²) in [7, 11) is 0. The number of thioether (sulfide) groups is 1. The van der Waals surface area contributed by atoms with E-state index < -0.39 is 12.7 Å². The van der Waals surface area contributed by atoms with E-state index >= 15 is 0 Å². The highest BCUT2D eigenvalue weighted by molar-refractivity contribution is 7.98. The number of benzene rings is 1. The molecule has 0 unspecified atom stereocenters. The van der Waals surface area contributed by atoms with Crippen molar-refractivity contribution in [3.8, 4) is 29.0 Å². The molecule has 1 saturated heterocycles. The van der Waals surface area contributed by atoms with Crippen LogP contribution in [-0.2, 0) is 5.75 Å². The highest BCUT2D eigenvalue weighted by Gasteiger charge is 2.31. The maximum absolute atomic E-state index is 13.4. The van der Waals surface area contributed by atoms with Gasteiger partial charge in [0.05, 0.1) is 5.56 Å². The largest absolute Gasteiger partial charge is 0.431 e. The molecule has 0 spiro atoms. The summed E-state index contributed by atoms with van der Waals surface area (Å²) in [6.45, 7) is 0.0541. The summed E-state index contributed by atoms with van der Waals surface area (Å²) in [5.41, 5.74) is 2.38. The van der Waals surface area contributed by atoms with Crippen LogP contribution in [0, 0.1) is 22.7 Å². The second-order valence-electron chi connectivity index (χ2n) is 7.86. The summed E-state index contributed by atoms with van der Waals surface area (Å²) in [4.78, 5) is 10.9. The van der Waals surface area contributed by atoms with Crippen molar-refractivity contribution in [1.29, 1.82) is 10.5 Å². The van der Waals surface area contributed by atoms with Crippen molar-refractivity contribution < 1.29 is 18.6 Å². The molecular formula is C25H21F2N5O2S. The zero-order chi connectivity index (χ0) is 24.8. The zero-order valence-electron chi connectivity index (χ0n) is 18.6. The molecule has 2 aromatic heterocycles.